The average Bonchev–Trinajstić information content (AvgIpc) is 3.08. The van der Waals surface area contributed by atoms with Crippen molar-refractivity contribution in [3.05, 3.63) is 32.9 Å². The number of hydrogen-bond acceptors (Lipinski definition) is 7. The van der Waals surface area contributed by atoms with Gasteiger partial charge >= 0.3 is 18.1 Å². The average molecular weight is 521 g/mol. The van der Waals surface area contributed by atoms with E-state index in [2.05, 4.69) is 4.98 Å². The van der Waals surface area contributed by atoms with Crippen LogP contribution >= 0.6 is 34.5 Å². The molecule has 8 nitrogen and oxygen atoms in total. The lowest BCUT2D eigenvalue weighted by Crippen LogP contribution is -2.43. The van der Waals surface area contributed by atoms with Crippen molar-refractivity contribution < 1.29 is 41.0 Å². The van der Waals surface area contributed by atoms with Gasteiger partial charge in [0.25, 0.3) is 0 Å². The van der Waals surface area contributed by atoms with E-state index in [0.717, 1.165) is 12.1 Å². The molecule has 1 aromatic carbocycles. The summed E-state index contributed by atoms with van der Waals surface area (Å²) in [4.78, 5) is 26.2. The predicted octanol–water partition coefficient (Wildman–Crippen LogP) is 4.22. The van der Waals surface area contributed by atoms with E-state index in [0.29, 0.717) is 18.3 Å². The highest BCUT2D eigenvalue weighted by atomic mass is 35.5. The van der Waals surface area contributed by atoms with Crippen LogP contribution in [0.5, 0.6) is 0 Å². The molecule has 1 aromatic heterocycles. The van der Waals surface area contributed by atoms with E-state index in [1.807, 2.05) is 0 Å². The standard InChI is InChI=1S/C16H13Cl2F3N2O6S2/c1-3-29-15(26)13-22-11(14(24)25)12(30-13)7-4-5-8(10(18)9(7)17)31(27,28)23-6(2)16(19,20)21/h4-6,23H,3H2,1-2H3,(H,24,25)/t6-/m0/s1. The van der Waals surface area contributed by atoms with Gasteiger partial charge in [0.15, 0.2) is 5.69 Å². The zero-order chi connectivity index (χ0) is 23.7. The number of esters is 1. The highest BCUT2D eigenvalue weighted by Crippen LogP contribution is 2.41. The van der Waals surface area contributed by atoms with E-state index in [-0.39, 0.29) is 22.1 Å². The maximum absolute atomic E-state index is 12.7. The van der Waals surface area contributed by atoms with Gasteiger partial charge in [-0.2, -0.15) is 17.9 Å². The summed E-state index contributed by atoms with van der Waals surface area (Å²) in [5.74, 6) is -2.39. The first-order valence-corrected chi connectivity index (χ1v) is 11.2. The molecule has 2 aromatic rings. The van der Waals surface area contributed by atoms with E-state index in [9.17, 15) is 36.3 Å². The minimum atomic E-state index is -4.84. The largest absolute Gasteiger partial charge is 0.476 e. The summed E-state index contributed by atoms with van der Waals surface area (Å²) >= 11 is 12.7. The quantitative estimate of drug-likeness (QED) is 0.523. The van der Waals surface area contributed by atoms with Crippen LogP contribution in [-0.4, -0.2) is 49.3 Å². The monoisotopic (exact) mass is 520 g/mol. The third-order valence-corrected chi connectivity index (χ3v) is 7.33. The second-order valence-corrected chi connectivity index (χ2v) is 9.28. The lowest BCUT2D eigenvalue weighted by atomic mass is 10.1. The first-order chi connectivity index (χ1) is 14.2. The van der Waals surface area contributed by atoms with Crippen LogP contribution in [0.25, 0.3) is 10.4 Å². The van der Waals surface area contributed by atoms with Gasteiger partial charge in [0.05, 0.1) is 21.5 Å². The number of aromatic nitrogens is 1. The topological polar surface area (TPSA) is 123 Å². The van der Waals surface area contributed by atoms with E-state index >= 15 is 0 Å². The van der Waals surface area contributed by atoms with Crippen LogP contribution in [0.2, 0.25) is 10.0 Å². The summed E-state index contributed by atoms with van der Waals surface area (Å²) < 4.78 is 69.0. The SMILES string of the molecule is CCOC(=O)c1nc(C(=O)O)c(-c2ccc(S(=O)(=O)N[C@@H](C)C(F)(F)F)c(Cl)c2Cl)s1. The molecule has 170 valence electrons. The second-order valence-electron chi connectivity index (χ2n) is 5.85. The summed E-state index contributed by atoms with van der Waals surface area (Å²) in [6, 6.07) is -0.487. The number of nitrogens with one attached hydrogen (secondary N) is 1. The number of nitrogens with zero attached hydrogens (tertiary/aromatic N) is 1. The highest BCUT2D eigenvalue weighted by molar-refractivity contribution is 7.89. The molecule has 2 rings (SSSR count). The van der Waals surface area contributed by atoms with Gasteiger partial charge in [-0.3, -0.25) is 0 Å². The van der Waals surface area contributed by atoms with Crippen LogP contribution in [0.1, 0.15) is 34.1 Å². The number of carboxylic acids is 1. The minimum Gasteiger partial charge on any atom is -0.476 e. The van der Waals surface area contributed by atoms with Gasteiger partial charge in [-0.25, -0.2) is 23.0 Å². The first-order valence-electron chi connectivity index (χ1n) is 8.19. The van der Waals surface area contributed by atoms with Gasteiger partial charge in [-0.15, -0.1) is 11.3 Å². The Morgan fingerprint density at radius 3 is 2.42 bits per heavy atom. The van der Waals surface area contributed by atoms with E-state index in [1.165, 1.54) is 11.6 Å². The lowest BCUT2D eigenvalue weighted by molar-refractivity contribution is -0.147. The Kier molecular flexibility index (Phi) is 7.59. The fraction of sp³-hybridized carbons (Fsp3) is 0.312. The molecule has 0 aliphatic heterocycles. The molecule has 0 aliphatic rings. The van der Waals surface area contributed by atoms with Crippen molar-refractivity contribution in [3.8, 4) is 10.4 Å². The van der Waals surface area contributed by atoms with Gasteiger partial charge in [-0.05, 0) is 19.9 Å². The molecule has 15 heteroatoms. The minimum absolute atomic E-state index is 0.0125. The summed E-state index contributed by atoms with van der Waals surface area (Å²) in [5, 5.41) is 7.99. The van der Waals surface area contributed by atoms with Crippen molar-refractivity contribution in [1.29, 1.82) is 0 Å². The van der Waals surface area contributed by atoms with Crippen LogP contribution in [0, 0.1) is 0 Å². The molecule has 0 unspecified atom stereocenters. The summed E-state index contributed by atoms with van der Waals surface area (Å²) in [6.07, 6.45) is -4.84. The molecule has 1 heterocycles. The molecule has 0 spiro atoms. The van der Waals surface area contributed by atoms with Gasteiger partial charge in [0.1, 0.15) is 10.9 Å². The molecule has 0 amide bonds. The third-order valence-electron chi connectivity index (χ3n) is 3.68. The molecule has 0 aliphatic carbocycles. The number of alkyl halides is 3. The van der Waals surface area contributed by atoms with Crippen LogP contribution in [0.4, 0.5) is 13.2 Å². The molecule has 0 fully saturated rings. The van der Waals surface area contributed by atoms with Crippen LogP contribution in [0.3, 0.4) is 0 Å². The number of benzene rings is 1. The molecule has 2 N–H and O–H groups in total. The molecule has 31 heavy (non-hydrogen) atoms. The Bertz CT molecular complexity index is 1140. The van der Waals surface area contributed by atoms with Gasteiger partial charge in [-0.1, -0.05) is 29.3 Å². The Morgan fingerprint density at radius 2 is 1.90 bits per heavy atom. The van der Waals surface area contributed by atoms with E-state index in [1.54, 1.807) is 0 Å². The molecule has 0 bridgehead atoms. The van der Waals surface area contributed by atoms with Crippen molar-refractivity contribution in [1.82, 2.24) is 9.71 Å². The second kappa shape index (κ2) is 9.28. The smallest absolute Gasteiger partial charge is 0.404 e. The number of sulfonamides is 1. The fourth-order valence-electron chi connectivity index (χ4n) is 2.21. The normalized spacial score (nSPS) is 13.1. The number of halogens is 5. The van der Waals surface area contributed by atoms with Crippen molar-refractivity contribution in [2.45, 2.75) is 31.0 Å². The van der Waals surface area contributed by atoms with Crippen LogP contribution in [-0.2, 0) is 14.8 Å². The van der Waals surface area contributed by atoms with E-state index in [4.69, 9.17) is 27.9 Å². The predicted molar refractivity (Wildman–Crippen MR) is 106 cm³/mol. The number of carboxylic acid groups (broad SMARTS) is 1. The molecular weight excluding hydrogens is 508 g/mol. The zero-order valence-corrected chi connectivity index (χ0v) is 18.7. The molecule has 0 saturated heterocycles. The van der Waals surface area contributed by atoms with Gasteiger partial charge in [0.2, 0.25) is 15.0 Å². The van der Waals surface area contributed by atoms with E-state index < -0.39 is 54.8 Å². The Labute approximate surface area is 188 Å². The molecule has 1 atom stereocenters. The van der Waals surface area contributed by atoms with Crippen molar-refractivity contribution >= 4 is 56.5 Å². The fourth-order valence-corrected chi connectivity index (χ4v) is 5.34. The summed E-state index contributed by atoms with van der Waals surface area (Å²) in [6.45, 7) is 2.15. The Balaban J connectivity index is 2.57. The maximum Gasteiger partial charge on any atom is 0.404 e. The number of carbonyl (C=O) groups excluding carboxylic acids is 1. The van der Waals surface area contributed by atoms with Crippen LogP contribution < -0.4 is 4.72 Å². The Morgan fingerprint density at radius 1 is 1.29 bits per heavy atom. The number of ether oxygens (including phenoxy) is 1. The molecule has 0 radical (unpaired) electrons. The summed E-state index contributed by atoms with van der Waals surface area (Å²) in [5.41, 5.74) is -0.648. The third kappa shape index (κ3) is 5.47. The summed E-state index contributed by atoms with van der Waals surface area (Å²) in [7, 11) is -4.73. The van der Waals surface area contributed by atoms with Crippen molar-refractivity contribution in [3.63, 3.8) is 0 Å². The number of rotatable bonds is 7. The number of hydrogen-bond donors (Lipinski definition) is 2. The molecular formula is C16H13Cl2F3N2O6S2. The van der Waals surface area contributed by atoms with Crippen LogP contribution in [0.15, 0.2) is 17.0 Å². The zero-order valence-electron chi connectivity index (χ0n) is 15.6. The number of carbonyl (C=O) groups is 2. The lowest BCUT2D eigenvalue weighted by Gasteiger charge is -2.18. The highest BCUT2D eigenvalue weighted by Gasteiger charge is 2.39. The first kappa shape index (κ1) is 25.3. The maximum atomic E-state index is 12.7. The number of aromatic carboxylic acids is 1. The van der Waals surface area contributed by atoms with Crippen molar-refractivity contribution in [2.75, 3.05) is 6.61 Å². The number of thiazole rings is 1. The van der Waals surface area contributed by atoms with Gasteiger partial charge in [0, 0.05) is 5.56 Å². The van der Waals surface area contributed by atoms with Gasteiger partial charge < -0.3 is 9.84 Å². The van der Waals surface area contributed by atoms with Crippen molar-refractivity contribution in [2.24, 2.45) is 0 Å². The molecule has 0 saturated carbocycles. The Hall–Kier alpha value is -1.93.